The minimum atomic E-state index is -3.68. The molecule has 0 aliphatic heterocycles. The largest absolute Gasteiger partial charge is 0.497 e. The third kappa shape index (κ3) is 4.68. The van der Waals surface area contributed by atoms with Crippen molar-refractivity contribution in [2.45, 2.75) is 18.4 Å². The molecule has 152 valence electrons. The van der Waals surface area contributed by atoms with Gasteiger partial charge in [0.1, 0.15) is 16.5 Å². The molecule has 3 rings (SSSR count). The molecule has 3 aromatic rings. The highest BCUT2D eigenvalue weighted by atomic mass is 32.2. The molecule has 0 saturated carbocycles. The van der Waals surface area contributed by atoms with E-state index in [9.17, 15) is 8.42 Å². The first-order valence-electron chi connectivity index (χ1n) is 9.33. The van der Waals surface area contributed by atoms with Crippen LogP contribution in [0.25, 0.3) is 0 Å². The Hall–Kier alpha value is -3.06. The topological polar surface area (TPSA) is 62.7 Å². The first-order chi connectivity index (χ1) is 14.0. The van der Waals surface area contributed by atoms with Crippen LogP contribution in [-0.2, 0) is 16.6 Å². The standard InChI is InChI=1S/C22H25N3O3S/c1-4-25(19-10-6-5-7-11-19)29(26,27)21-13-14-22(23-16-21)24(2)17-18-9-8-12-20(15-18)28-3/h5-16H,4,17H2,1-3H3. The summed E-state index contributed by atoms with van der Waals surface area (Å²) in [5.41, 5.74) is 1.71. The van der Waals surface area contributed by atoms with Gasteiger partial charge in [0.15, 0.2) is 0 Å². The van der Waals surface area contributed by atoms with E-state index in [0.717, 1.165) is 11.3 Å². The zero-order valence-electron chi connectivity index (χ0n) is 16.8. The maximum Gasteiger partial charge on any atom is 0.265 e. The van der Waals surface area contributed by atoms with Crippen LogP contribution in [0.2, 0.25) is 0 Å². The summed E-state index contributed by atoms with van der Waals surface area (Å²) >= 11 is 0. The van der Waals surface area contributed by atoms with Crippen LogP contribution in [0.1, 0.15) is 12.5 Å². The number of sulfonamides is 1. The molecule has 0 unspecified atom stereocenters. The Morgan fingerprint density at radius 2 is 1.76 bits per heavy atom. The molecule has 6 nitrogen and oxygen atoms in total. The van der Waals surface area contributed by atoms with Crippen molar-refractivity contribution in [3.8, 4) is 5.75 Å². The third-order valence-corrected chi connectivity index (χ3v) is 6.47. The molecule has 0 spiro atoms. The van der Waals surface area contributed by atoms with E-state index in [1.165, 1.54) is 10.5 Å². The summed E-state index contributed by atoms with van der Waals surface area (Å²) in [6, 6.07) is 20.2. The first-order valence-corrected chi connectivity index (χ1v) is 10.8. The average molecular weight is 412 g/mol. The van der Waals surface area contributed by atoms with Crippen LogP contribution < -0.4 is 13.9 Å². The van der Waals surface area contributed by atoms with Gasteiger partial charge in [-0.3, -0.25) is 4.31 Å². The minimum absolute atomic E-state index is 0.168. The Labute approximate surface area is 172 Å². The van der Waals surface area contributed by atoms with E-state index in [1.807, 2.05) is 61.3 Å². The highest BCUT2D eigenvalue weighted by molar-refractivity contribution is 7.92. The summed E-state index contributed by atoms with van der Waals surface area (Å²) in [6.07, 6.45) is 1.42. The van der Waals surface area contributed by atoms with Crippen LogP contribution in [0.5, 0.6) is 5.75 Å². The zero-order valence-corrected chi connectivity index (χ0v) is 17.6. The molecule has 1 aromatic heterocycles. The Morgan fingerprint density at radius 3 is 2.38 bits per heavy atom. The Kier molecular flexibility index (Phi) is 6.39. The van der Waals surface area contributed by atoms with Gasteiger partial charge in [0.2, 0.25) is 0 Å². The lowest BCUT2D eigenvalue weighted by molar-refractivity contribution is 0.414. The molecule has 0 bridgehead atoms. The Balaban J connectivity index is 1.79. The zero-order chi connectivity index (χ0) is 20.9. The molecule has 0 N–H and O–H groups in total. The number of ether oxygens (including phenoxy) is 1. The van der Waals surface area contributed by atoms with E-state index < -0.39 is 10.0 Å². The molecule has 0 radical (unpaired) electrons. The molecule has 0 aliphatic carbocycles. The monoisotopic (exact) mass is 411 g/mol. The van der Waals surface area contributed by atoms with Crippen molar-refractivity contribution in [3.63, 3.8) is 0 Å². The molecule has 0 atom stereocenters. The third-order valence-electron chi connectivity index (χ3n) is 4.59. The van der Waals surface area contributed by atoms with Gasteiger partial charge in [0.05, 0.1) is 12.8 Å². The quantitative estimate of drug-likeness (QED) is 0.562. The number of aromatic nitrogens is 1. The van der Waals surface area contributed by atoms with E-state index in [0.29, 0.717) is 24.6 Å². The van der Waals surface area contributed by atoms with Crippen LogP contribution in [0.3, 0.4) is 0 Å². The lowest BCUT2D eigenvalue weighted by Crippen LogP contribution is -2.30. The van der Waals surface area contributed by atoms with Crippen LogP contribution in [0, 0.1) is 0 Å². The second-order valence-electron chi connectivity index (χ2n) is 6.57. The van der Waals surface area contributed by atoms with E-state index >= 15 is 0 Å². The number of nitrogens with zero attached hydrogens (tertiary/aromatic N) is 3. The SMILES string of the molecule is CCN(c1ccccc1)S(=O)(=O)c1ccc(N(C)Cc2cccc(OC)c2)nc1. The highest BCUT2D eigenvalue weighted by Crippen LogP contribution is 2.24. The lowest BCUT2D eigenvalue weighted by Gasteiger charge is -2.23. The van der Waals surface area contributed by atoms with Crippen LogP contribution in [0.4, 0.5) is 11.5 Å². The number of benzene rings is 2. The van der Waals surface area contributed by atoms with Crippen LogP contribution in [0.15, 0.2) is 77.8 Å². The predicted octanol–water partition coefficient (Wildman–Crippen LogP) is 3.94. The molecule has 0 amide bonds. The second kappa shape index (κ2) is 8.96. The van der Waals surface area contributed by atoms with Crippen molar-refractivity contribution in [2.24, 2.45) is 0 Å². The molecule has 29 heavy (non-hydrogen) atoms. The summed E-state index contributed by atoms with van der Waals surface area (Å²) in [6.45, 7) is 2.78. The highest BCUT2D eigenvalue weighted by Gasteiger charge is 2.24. The van der Waals surface area contributed by atoms with E-state index in [1.54, 1.807) is 31.4 Å². The van der Waals surface area contributed by atoms with Gasteiger partial charge in [-0.05, 0) is 48.9 Å². The maximum absolute atomic E-state index is 13.1. The molecule has 0 saturated heterocycles. The van der Waals surface area contributed by atoms with Gasteiger partial charge < -0.3 is 9.64 Å². The normalized spacial score (nSPS) is 11.1. The minimum Gasteiger partial charge on any atom is -0.497 e. The van der Waals surface area contributed by atoms with Gasteiger partial charge in [-0.2, -0.15) is 0 Å². The predicted molar refractivity (Wildman–Crippen MR) is 116 cm³/mol. The number of rotatable bonds is 8. The van der Waals surface area contributed by atoms with Crippen molar-refractivity contribution in [3.05, 3.63) is 78.5 Å². The number of hydrogen-bond donors (Lipinski definition) is 0. The summed E-state index contributed by atoms with van der Waals surface area (Å²) in [7, 11) is -0.126. The van der Waals surface area contributed by atoms with E-state index in [2.05, 4.69) is 4.98 Å². The summed E-state index contributed by atoms with van der Waals surface area (Å²) in [5, 5.41) is 0. The van der Waals surface area contributed by atoms with E-state index in [4.69, 9.17) is 4.74 Å². The molecule has 2 aromatic carbocycles. The van der Waals surface area contributed by atoms with Crippen molar-refractivity contribution in [1.82, 2.24) is 4.98 Å². The fraction of sp³-hybridized carbons (Fsp3) is 0.227. The van der Waals surface area contributed by atoms with Crippen LogP contribution in [-0.4, -0.2) is 34.1 Å². The number of anilines is 2. The van der Waals surface area contributed by atoms with E-state index in [-0.39, 0.29) is 4.90 Å². The summed E-state index contributed by atoms with van der Waals surface area (Å²) < 4.78 is 32.8. The number of para-hydroxylation sites is 1. The van der Waals surface area contributed by atoms with Gasteiger partial charge in [0, 0.05) is 26.3 Å². The smallest absolute Gasteiger partial charge is 0.265 e. The molecule has 7 heteroatoms. The summed E-state index contributed by atoms with van der Waals surface area (Å²) in [5.74, 6) is 1.49. The van der Waals surface area contributed by atoms with Crippen molar-refractivity contribution >= 4 is 21.5 Å². The van der Waals surface area contributed by atoms with Gasteiger partial charge in [0.25, 0.3) is 10.0 Å². The van der Waals surface area contributed by atoms with Gasteiger partial charge in [-0.25, -0.2) is 13.4 Å². The molecular formula is C22H25N3O3S. The maximum atomic E-state index is 13.1. The van der Waals surface area contributed by atoms with Crippen molar-refractivity contribution < 1.29 is 13.2 Å². The number of hydrogen-bond acceptors (Lipinski definition) is 5. The van der Waals surface area contributed by atoms with Gasteiger partial charge >= 0.3 is 0 Å². The first kappa shape index (κ1) is 20.7. The number of pyridine rings is 1. The van der Waals surface area contributed by atoms with Crippen molar-refractivity contribution in [1.29, 1.82) is 0 Å². The molecule has 0 fully saturated rings. The second-order valence-corrected chi connectivity index (χ2v) is 8.43. The fourth-order valence-corrected chi connectivity index (χ4v) is 4.51. The van der Waals surface area contributed by atoms with Gasteiger partial charge in [-0.1, -0.05) is 30.3 Å². The summed E-state index contributed by atoms with van der Waals surface area (Å²) in [4.78, 5) is 6.51. The lowest BCUT2D eigenvalue weighted by atomic mass is 10.2. The molecule has 0 aliphatic rings. The molecular weight excluding hydrogens is 386 g/mol. The number of methoxy groups -OCH3 is 1. The van der Waals surface area contributed by atoms with Crippen molar-refractivity contribution in [2.75, 3.05) is 29.9 Å². The molecule has 1 heterocycles. The fourth-order valence-electron chi connectivity index (χ4n) is 3.09. The van der Waals surface area contributed by atoms with Crippen LogP contribution >= 0.6 is 0 Å². The van der Waals surface area contributed by atoms with Gasteiger partial charge in [-0.15, -0.1) is 0 Å². The Bertz CT molecular complexity index is 1040. The average Bonchev–Trinajstić information content (AvgIpc) is 2.75. The Morgan fingerprint density at radius 1 is 1.00 bits per heavy atom.